The molecule has 6 nitrogen and oxygen atoms in total. The fraction of sp³-hybridized carbons (Fsp3) is 0.421. The average Bonchev–Trinajstić information content (AvgIpc) is 2.89. The first-order chi connectivity index (χ1) is 12.1. The summed E-state index contributed by atoms with van der Waals surface area (Å²) in [4.78, 5) is 26.0. The molecule has 1 fully saturated rings. The summed E-state index contributed by atoms with van der Waals surface area (Å²) in [7, 11) is 0. The van der Waals surface area contributed by atoms with Crippen molar-refractivity contribution in [1.29, 1.82) is 0 Å². The van der Waals surface area contributed by atoms with Gasteiger partial charge in [0.2, 0.25) is 11.8 Å². The zero-order valence-electron chi connectivity index (χ0n) is 14.6. The quantitative estimate of drug-likeness (QED) is 0.910. The zero-order chi connectivity index (χ0) is 17.6. The Morgan fingerprint density at radius 2 is 2.12 bits per heavy atom. The van der Waals surface area contributed by atoms with Crippen LogP contribution in [0.5, 0.6) is 0 Å². The number of aromatic nitrogens is 2. The molecule has 1 aliphatic heterocycles. The predicted octanol–water partition coefficient (Wildman–Crippen LogP) is 2.58. The average molecular weight is 340 g/mol. The van der Waals surface area contributed by atoms with Gasteiger partial charge in [0, 0.05) is 19.0 Å². The Morgan fingerprint density at radius 3 is 2.96 bits per heavy atom. The van der Waals surface area contributed by atoms with Gasteiger partial charge in [0.15, 0.2) is 0 Å². The smallest absolute Gasteiger partial charge is 0.245 e. The Balaban J connectivity index is 1.62. The maximum atomic E-state index is 12.3. The highest BCUT2D eigenvalue weighted by Gasteiger charge is 2.19. The van der Waals surface area contributed by atoms with Crippen molar-refractivity contribution >= 4 is 17.6 Å². The van der Waals surface area contributed by atoms with Crippen LogP contribution in [0.3, 0.4) is 0 Å². The van der Waals surface area contributed by atoms with Crippen LogP contribution in [0.1, 0.15) is 36.8 Å². The van der Waals surface area contributed by atoms with Crippen molar-refractivity contribution in [2.24, 2.45) is 0 Å². The Hall–Kier alpha value is -2.63. The van der Waals surface area contributed by atoms with Crippen LogP contribution in [0.15, 0.2) is 36.5 Å². The lowest BCUT2D eigenvalue weighted by atomic mass is 10.1. The molecule has 1 N–H and O–H groups in total. The van der Waals surface area contributed by atoms with E-state index in [0.717, 1.165) is 24.8 Å². The van der Waals surface area contributed by atoms with Gasteiger partial charge in [0.1, 0.15) is 5.82 Å². The summed E-state index contributed by atoms with van der Waals surface area (Å²) in [5, 5.41) is 7.17. The number of carbonyl (C=O) groups is 2. The van der Waals surface area contributed by atoms with Gasteiger partial charge < -0.3 is 10.2 Å². The van der Waals surface area contributed by atoms with Crippen LogP contribution >= 0.6 is 0 Å². The summed E-state index contributed by atoms with van der Waals surface area (Å²) in [6, 6.07) is 9.97. The minimum Gasteiger partial charge on any atom is -0.333 e. The summed E-state index contributed by atoms with van der Waals surface area (Å²) in [6.45, 7) is 3.41. The molecule has 1 saturated heterocycles. The number of benzene rings is 1. The molecule has 132 valence electrons. The third-order valence-corrected chi connectivity index (χ3v) is 4.40. The van der Waals surface area contributed by atoms with Crippen LogP contribution < -0.4 is 5.32 Å². The number of aryl methyl sites for hydroxylation is 1. The lowest BCUT2D eigenvalue weighted by molar-refractivity contribution is -0.134. The Bertz CT molecular complexity index is 753. The number of nitrogens with one attached hydrogen (secondary N) is 1. The molecule has 6 heteroatoms. The monoisotopic (exact) mass is 340 g/mol. The molecule has 2 aromatic rings. The Morgan fingerprint density at radius 1 is 1.24 bits per heavy atom. The van der Waals surface area contributed by atoms with E-state index in [2.05, 4.69) is 16.5 Å². The first-order valence-corrected chi connectivity index (χ1v) is 8.77. The van der Waals surface area contributed by atoms with Gasteiger partial charge in [-0.2, -0.15) is 5.10 Å². The highest BCUT2D eigenvalue weighted by molar-refractivity contribution is 5.93. The topological polar surface area (TPSA) is 67.2 Å². The van der Waals surface area contributed by atoms with Crippen molar-refractivity contribution in [3.05, 3.63) is 47.7 Å². The number of carbonyl (C=O) groups excluding carboxylic acids is 2. The minimum atomic E-state index is -0.179. The van der Waals surface area contributed by atoms with Crippen molar-refractivity contribution in [2.75, 3.05) is 18.4 Å². The van der Waals surface area contributed by atoms with Gasteiger partial charge >= 0.3 is 0 Å². The molecule has 1 aromatic heterocycles. The van der Waals surface area contributed by atoms with Gasteiger partial charge in [-0.15, -0.1) is 0 Å². The number of hydrogen-bond donors (Lipinski definition) is 1. The minimum absolute atomic E-state index is 0.0703. The Labute approximate surface area is 147 Å². The largest absolute Gasteiger partial charge is 0.333 e. The van der Waals surface area contributed by atoms with Crippen LogP contribution in [0.25, 0.3) is 0 Å². The van der Waals surface area contributed by atoms with Crippen molar-refractivity contribution in [3.8, 4) is 0 Å². The van der Waals surface area contributed by atoms with E-state index < -0.39 is 0 Å². The van der Waals surface area contributed by atoms with E-state index in [1.807, 2.05) is 25.1 Å². The van der Waals surface area contributed by atoms with E-state index in [4.69, 9.17) is 0 Å². The van der Waals surface area contributed by atoms with Gasteiger partial charge in [-0.1, -0.05) is 36.2 Å². The molecule has 0 atom stereocenters. The molecule has 1 aliphatic rings. The third-order valence-electron chi connectivity index (χ3n) is 4.40. The molecular weight excluding hydrogens is 316 g/mol. The maximum absolute atomic E-state index is 12.3. The SMILES string of the molecule is Cc1cccc(Cn2nccc2NC(=O)CN2CCCCCC2=O)c1. The summed E-state index contributed by atoms with van der Waals surface area (Å²) in [5.74, 6) is 0.538. The summed E-state index contributed by atoms with van der Waals surface area (Å²) in [5.41, 5.74) is 2.32. The number of nitrogens with zero attached hydrogens (tertiary/aromatic N) is 3. The second kappa shape index (κ2) is 7.96. The number of rotatable bonds is 5. The van der Waals surface area contributed by atoms with E-state index in [-0.39, 0.29) is 18.4 Å². The molecule has 0 bridgehead atoms. The van der Waals surface area contributed by atoms with Gasteiger partial charge in [-0.05, 0) is 25.3 Å². The van der Waals surface area contributed by atoms with E-state index in [0.29, 0.717) is 25.3 Å². The van der Waals surface area contributed by atoms with Crippen molar-refractivity contribution in [2.45, 2.75) is 39.2 Å². The highest BCUT2D eigenvalue weighted by Crippen LogP contribution is 2.13. The highest BCUT2D eigenvalue weighted by atomic mass is 16.2. The summed E-state index contributed by atoms with van der Waals surface area (Å²) >= 11 is 0. The molecule has 0 aliphatic carbocycles. The first-order valence-electron chi connectivity index (χ1n) is 8.77. The molecule has 0 saturated carbocycles. The molecule has 3 rings (SSSR count). The van der Waals surface area contributed by atoms with Crippen LogP contribution in [-0.2, 0) is 16.1 Å². The van der Waals surface area contributed by atoms with Crippen molar-refractivity contribution < 1.29 is 9.59 Å². The van der Waals surface area contributed by atoms with E-state index >= 15 is 0 Å². The molecule has 1 aromatic carbocycles. The van der Waals surface area contributed by atoms with Gasteiger partial charge in [-0.3, -0.25) is 9.59 Å². The first kappa shape index (κ1) is 17.2. The number of likely N-dealkylation sites (tertiary alicyclic amines) is 1. The molecule has 2 heterocycles. The molecule has 2 amide bonds. The fourth-order valence-electron chi connectivity index (χ4n) is 3.11. The third kappa shape index (κ3) is 4.68. The second-order valence-electron chi connectivity index (χ2n) is 6.54. The maximum Gasteiger partial charge on any atom is 0.245 e. The van der Waals surface area contributed by atoms with Crippen LogP contribution in [0, 0.1) is 6.92 Å². The molecule has 25 heavy (non-hydrogen) atoms. The van der Waals surface area contributed by atoms with Gasteiger partial charge in [0.25, 0.3) is 0 Å². The van der Waals surface area contributed by atoms with Crippen molar-refractivity contribution in [3.63, 3.8) is 0 Å². The van der Waals surface area contributed by atoms with Gasteiger partial charge in [0.05, 0.1) is 19.3 Å². The second-order valence-corrected chi connectivity index (χ2v) is 6.54. The molecular formula is C19H24N4O2. The number of anilines is 1. The fourth-order valence-corrected chi connectivity index (χ4v) is 3.11. The Kier molecular flexibility index (Phi) is 5.48. The lowest BCUT2D eigenvalue weighted by Gasteiger charge is -2.20. The predicted molar refractivity (Wildman–Crippen MR) is 96.2 cm³/mol. The summed E-state index contributed by atoms with van der Waals surface area (Å²) < 4.78 is 1.76. The normalized spacial score (nSPS) is 15.1. The van der Waals surface area contributed by atoms with Crippen molar-refractivity contribution in [1.82, 2.24) is 14.7 Å². The van der Waals surface area contributed by atoms with Crippen LogP contribution in [0.2, 0.25) is 0 Å². The molecule has 0 radical (unpaired) electrons. The number of hydrogen-bond acceptors (Lipinski definition) is 3. The standard InChI is InChI=1S/C19H24N4O2/c1-15-6-5-7-16(12-15)13-23-17(9-10-20-23)21-18(24)14-22-11-4-2-3-8-19(22)25/h5-7,9-10,12H,2-4,8,11,13-14H2,1H3,(H,21,24). The van der Waals surface area contributed by atoms with E-state index in [1.54, 1.807) is 21.8 Å². The summed E-state index contributed by atoms with van der Waals surface area (Å²) in [6.07, 6.45) is 5.14. The van der Waals surface area contributed by atoms with Gasteiger partial charge in [-0.25, -0.2) is 4.68 Å². The molecule has 0 unspecified atom stereocenters. The molecule has 0 spiro atoms. The lowest BCUT2D eigenvalue weighted by Crippen LogP contribution is -2.37. The zero-order valence-corrected chi connectivity index (χ0v) is 14.6. The van der Waals surface area contributed by atoms with E-state index in [1.165, 1.54) is 5.56 Å². The van der Waals surface area contributed by atoms with Crippen LogP contribution in [0.4, 0.5) is 5.82 Å². The van der Waals surface area contributed by atoms with Crippen LogP contribution in [-0.4, -0.2) is 39.6 Å². The number of amides is 2. The van der Waals surface area contributed by atoms with E-state index in [9.17, 15) is 9.59 Å².